The molecule has 1 saturated carbocycles. The maximum absolute atomic E-state index is 8.98. The molecule has 114 valence electrons. The quantitative estimate of drug-likeness (QED) is 0.884. The van der Waals surface area contributed by atoms with Crippen LogP contribution in [0.5, 0.6) is 5.75 Å². The maximum atomic E-state index is 8.98. The van der Waals surface area contributed by atoms with Crippen LogP contribution in [0.15, 0.2) is 18.2 Å². The Morgan fingerprint density at radius 3 is 2.33 bits per heavy atom. The lowest BCUT2D eigenvalue weighted by atomic mass is 9.63. The summed E-state index contributed by atoms with van der Waals surface area (Å²) in [5.74, 6) is 0.746. The summed E-state index contributed by atoms with van der Waals surface area (Å²) < 4.78 is 5.42. The van der Waals surface area contributed by atoms with Gasteiger partial charge in [0.25, 0.3) is 0 Å². The van der Waals surface area contributed by atoms with Crippen LogP contribution < -0.4 is 10.1 Å². The number of nitrogens with zero attached hydrogens (tertiary/aromatic N) is 1. The minimum absolute atomic E-state index is 0.346. The Balaban J connectivity index is 2.20. The fraction of sp³-hybridized carbons (Fsp3) is 0.611. The summed E-state index contributed by atoms with van der Waals surface area (Å²) in [6.07, 6.45) is 3.56. The number of rotatable bonds is 3. The lowest BCUT2D eigenvalue weighted by Gasteiger charge is -2.45. The zero-order valence-corrected chi connectivity index (χ0v) is 13.8. The van der Waals surface area contributed by atoms with E-state index in [1.807, 2.05) is 12.1 Å². The summed E-state index contributed by atoms with van der Waals surface area (Å²) in [6.45, 7) is 9.38. The molecule has 0 spiro atoms. The normalized spacial score (nSPS) is 20.6. The van der Waals surface area contributed by atoms with Crippen molar-refractivity contribution in [2.24, 2.45) is 10.8 Å². The van der Waals surface area contributed by atoms with Gasteiger partial charge < -0.3 is 10.1 Å². The standard InChI is InChI=1S/C18H26N2O/c1-17(2)9-14(10-18(3,4)12-17)20-15-7-6-13(11-19)8-16(15)21-5/h6-8,14,20H,9-10,12H2,1-5H3. The summed E-state index contributed by atoms with van der Waals surface area (Å²) in [6, 6.07) is 8.17. The van der Waals surface area contributed by atoms with Crippen molar-refractivity contribution in [3.63, 3.8) is 0 Å². The first-order valence-corrected chi connectivity index (χ1v) is 7.59. The molecule has 2 rings (SSSR count). The Bertz CT molecular complexity index is 539. The smallest absolute Gasteiger partial charge is 0.143 e. The van der Waals surface area contributed by atoms with E-state index >= 15 is 0 Å². The van der Waals surface area contributed by atoms with E-state index in [1.165, 1.54) is 6.42 Å². The second-order valence-corrected chi connectivity index (χ2v) is 7.78. The van der Waals surface area contributed by atoms with Crippen molar-refractivity contribution in [3.8, 4) is 11.8 Å². The summed E-state index contributed by atoms with van der Waals surface area (Å²) in [4.78, 5) is 0. The summed E-state index contributed by atoms with van der Waals surface area (Å²) >= 11 is 0. The number of nitriles is 1. The molecule has 0 amide bonds. The van der Waals surface area contributed by atoms with Gasteiger partial charge in [-0.15, -0.1) is 0 Å². The Labute approximate surface area is 128 Å². The van der Waals surface area contributed by atoms with Crippen molar-refractivity contribution in [2.75, 3.05) is 12.4 Å². The van der Waals surface area contributed by atoms with Crippen LogP contribution in [-0.2, 0) is 0 Å². The van der Waals surface area contributed by atoms with Gasteiger partial charge in [0.15, 0.2) is 0 Å². The summed E-state index contributed by atoms with van der Waals surface area (Å²) in [5.41, 5.74) is 2.30. The predicted molar refractivity (Wildman–Crippen MR) is 86.5 cm³/mol. The molecule has 1 aromatic carbocycles. The molecule has 3 nitrogen and oxygen atoms in total. The molecular weight excluding hydrogens is 260 g/mol. The molecule has 0 bridgehead atoms. The molecule has 0 radical (unpaired) electrons. The van der Waals surface area contributed by atoms with Gasteiger partial charge in [0.2, 0.25) is 0 Å². The van der Waals surface area contributed by atoms with E-state index in [0.29, 0.717) is 22.4 Å². The monoisotopic (exact) mass is 286 g/mol. The van der Waals surface area contributed by atoms with Crippen LogP contribution >= 0.6 is 0 Å². The molecule has 1 fully saturated rings. The zero-order valence-electron chi connectivity index (χ0n) is 13.8. The van der Waals surface area contributed by atoms with E-state index in [1.54, 1.807) is 13.2 Å². The van der Waals surface area contributed by atoms with Crippen molar-refractivity contribution in [1.29, 1.82) is 5.26 Å². The highest BCUT2D eigenvalue weighted by Gasteiger charge is 2.38. The summed E-state index contributed by atoms with van der Waals surface area (Å²) in [5, 5.41) is 12.6. The number of anilines is 1. The van der Waals surface area contributed by atoms with Crippen molar-refractivity contribution in [2.45, 2.75) is 53.0 Å². The van der Waals surface area contributed by atoms with Crippen LogP contribution in [-0.4, -0.2) is 13.2 Å². The number of hydrogen-bond donors (Lipinski definition) is 1. The fourth-order valence-corrected chi connectivity index (χ4v) is 4.05. The third-order valence-electron chi connectivity index (χ3n) is 4.25. The van der Waals surface area contributed by atoms with Crippen molar-refractivity contribution in [1.82, 2.24) is 0 Å². The van der Waals surface area contributed by atoms with Gasteiger partial charge in [0.1, 0.15) is 5.75 Å². The molecule has 0 unspecified atom stereocenters. The second-order valence-electron chi connectivity index (χ2n) is 7.78. The van der Waals surface area contributed by atoms with Crippen LogP contribution in [0, 0.1) is 22.2 Å². The van der Waals surface area contributed by atoms with Gasteiger partial charge in [-0.3, -0.25) is 0 Å². The lowest BCUT2D eigenvalue weighted by Crippen LogP contribution is -2.40. The van der Waals surface area contributed by atoms with Gasteiger partial charge in [-0.1, -0.05) is 27.7 Å². The van der Waals surface area contributed by atoms with Crippen molar-refractivity contribution >= 4 is 5.69 Å². The Morgan fingerprint density at radius 1 is 1.19 bits per heavy atom. The Hall–Kier alpha value is -1.69. The van der Waals surface area contributed by atoms with Crippen molar-refractivity contribution in [3.05, 3.63) is 23.8 Å². The largest absolute Gasteiger partial charge is 0.495 e. The molecule has 0 heterocycles. The highest BCUT2D eigenvalue weighted by molar-refractivity contribution is 5.60. The van der Waals surface area contributed by atoms with E-state index in [4.69, 9.17) is 10.00 Å². The lowest BCUT2D eigenvalue weighted by molar-refractivity contribution is 0.105. The molecule has 0 aliphatic heterocycles. The maximum Gasteiger partial charge on any atom is 0.143 e. The van der Waals surface area contributed by atoms with Gasteiger partial charge >= 0.3 is 0 Å². The first-order valence-electron chi connectivity index (χ1n) is 7.59. The van der Waals surface area contributed by atoms with Gasteiger partial charge in [0, 0.05) is 12.1 Å². The highest BCUT2D eigenvalue weighted by atomic mass is 16.5. The summed E-state index contributed by atoms with van der Waals surface area (Å²) in [7, 11) is 1.65. The molecule has 1 aromatic rings. The zero-order chi connectivity index (χ0) is 15.7. The molecule has 1 aliphatic carbocycles. The number of benzene rings is 1. The topological polar surface area (TPSA) is 45.0 Å². The molecular formula is C18H26N2O. The molecule has 0 atom stereocenters. The molecule has 3 heteroatoms. The van der Waals surface area contributed by atoms with E-state index < -0.39 is 0 Å². The first kappa shape index (κ1) is 15.7. The molecule has 1 N–H and O–H groups in total. The van der Waals surface area contributed by atoms with E-state index in [-0.39, 0.29) is 0 Å². The molecule has 21 heavy (non-hydrogen) atoms. The van der Waals surface area contributed by atoms with Gasteiger partial charge in [-0.05, 0) is 42.2 Å². The average molecular weight is 286 g/mol. The van der Waals surface area contributed by atoms with Crippen LogP contribution in [0.2, 0.25) is 0 Å². The van der Waals surface area contributed by atoms with Crippen LogP contribution in [0.1, 0.15) is 52.5 Å². The number of methoxy groups -OCH3 is 1. The third kappa shape index (κ3) is 3.91. The third-order valence-corrected chi connectivity index (χ3v) is 4.25. The number of ether oxygens (including phenoxy) is 1. The minimum Gasteiger partial charge on any atom is -0.495 e. The van der Waals surface area contributed by atoms with Gasteiger partial charge in [-0.2, -0.15) is 5.26 Å². The second kappa shape index (κ2) is 5.60. The number of nitrogens with one attached hydrogen (secondary N) is 1. The number of hydrogen-bond acceptors (Lipinski definition) is 3. The first-order chi connectivity index (χ1) is 9.74. The van der Waals surface area contributed by atoms with Crippen LogP contribution in [0.4, 0.5) is 5.69 Å². The molecule has 0 aromatic heterocycles. The SMILES string of the molecule is COc1cc(C#N)ccc1NC1CC(C)(C)CC(C)(C)C1. The Kier molecular flexibility index (Phi) is 4.18. The molecule has 0 saturated heterocycles. The molecule has 1 aliphatic rings. The van der Waals surface area contributed by atoms with E-state index in [9.17, 15) is 0 Å². The van der Waals surface area contributed by atoms with Gasteiger partial charge in [0.05, 0.1) is 24.4 Å². The van der Waals surface area contributed by atoms with E-state index in [0.717, 1.165) is 24.3 Å². The van der Waals surface area contributed by atoms with Crippen LogP contribution in [0.3, 0.4) is 0 Å². The minimum atomic E-state index is 0.346. The highest BCUT2D eigenvalue weighted by Crippen LogP contribution is 2.46. The van der Waals surface area contributed by atoms with E-state index in [2.05, 4.69) is 39.1 Å². The van der Waals surface area contributed by atoms with Crippen LogP contribution in [0.25, 0.3) is 0 Å². The average Bonchev–Trinajstić information content (AvgIpc) is 2.35. The van der Waals surface area contributed by atoms with Crippen molar-refractivity contribution < 1.29 is 4.74 Å². The van der Waals surface area contributed by atoms with Gasteiger partial charge in [-0.25, -0.2) is 0 Å². The fourth-order valence-electron chi connectivity index (χ4n) is 4.05. The Morgan fingerprint density at radius 2 is 1.81 bits per heavy atom. The predicted octanol–water partition coefficient (Wildman–Crippen LogP) is 4.58.